The molecule has 0 aromatic heterocycles. The third kappa shape index (κ3) is 3.76. The molecule has 132 valence electrons. The lowest BCUT2D eigenvalue weighted by Crippen LogP contribution is -2.18. The van der Waals surface area contributed by atoms with Crippen LogP contribution in [0.15, 0.2) is 35.3 Å². The molecule has 0 N–H and O–H groups in total. The van der Waals surface area contributed by atoms with Crippen molar-refractivity contribution >= 4 is 17.6 Å². The molecule has 1 saturated heterocycles. The minimum Gasteiger partial charge on any atom is -0.496 e. The smallest absolute Gasteiger partial charge is 0.143 e. The van der Waals surface area contributed by atoms with Crippen LogP contribution >= 0.6 is 0 Å². The topological polar surface area (TPSA) is 34.1 Å². The summed E-state index contributed by atoms with van der Waals surface area (Å²) in [5.41, 5.74) is 3.14. The molecule has 5 heteroatoms. The van der Waals surface area contributed by atoms with Crippen LogP contribution in [0.5, 0.6) is 11.5 Å². The molecule has 0 bridgehead atoms. The van der Waals surface area contributed by atoms with Crippen molar-refractivity contribution in [2.75, 3.05) is 32.2 Å². The van der Waals surface area contributed by atoms with E-state index in [1.165, 1.54) is 18.9 Å². The van der Waals surface area contributed by atoms with E-state index >= 15 is 0 Å². The first-order valence-corrected chi connectivity index (χ1v) is 8.43. The number of nitrogens with zero attached hydrogens (tertiary/aromatic N) is 2. The maximum Gasteiger partial charge on any atom is 0.143 e. The Hall–Kier alpha value is -2.56. The Morgan fingerprint density at radius 2 is 1.76 bits per heavy atom. The molecule has 3 rings (SSSR count). The van der Waals surface area contributed by atoms with Crippen LogP contribution in [0.2, 0.25) is 0 Å². The van der Waals surface area contributed by atoms with Crippen LogP contribution in [0, 0.1) is 12.7 Å². The Bertz CT molecular complexity index is 784. The van der Waals surface area contributed by atoms with Gasteiger partial charge in [0.25, 0.3) is 0 Å². The van der Waals surface area contributed by atoms with Gasteiger partial charge in [0.1, 0.15) is 17.3 Å². The summed E-state index contributed by atoms with van der Waals surface area (Å²) in [5, 5.41) is 0. The Kier molecular flexibility index (Phi) is 5.22. The Morgan fingerprint density at radius 1 is 1.04 bits per heavy atom. The molecule has 25 heavy (non-hydrogen) atoms. The molecular weight excluding hydrogens is 319 g/mol. The number of anilines is 1. The van der Waals surface area contributed by atoms with E-state index in [0.29, 0.717) is 11.3 Å². The fraction of sp³-hybridized carbons (Fsp3) is 0.350. The van der Waals surface area contributed by atoms with E-state index in [-0.39, 0.29) is 5.82 Å². The van der Waals surface area contributed by atoms with Crippen molar-refractivity contribution in [2.45, 2.75) is 19.8 Å². The zero-order chi connectivity index (χ0) is 17.8. The van der Waals surface area contributed by atoms with Gasteiger partial charge >= 0.3 is 0 Å². The largest absolute Gasteiger partial charge is 0.496 e. The summed E-state index contributed by atoms with van der Waals surface area (Å²) in [5.74, 6) is 1.32. The number of benzene rings is 2. The second-order valence-electron chi connectivity index (χ2n) is 6.15. The fourth-order valence-electron chi connectivity index (χ4n) is 3.06. The van der Waals surface area contributed by atoms with Crippen molar-refractivity contribution in [2.24, 2.45) is 4.99 Å². The van der Waals surface area contributed by atoms with Gasteiger partial charge in [0, 0.05) is 30.9 Å². The van der Waals surface area contributed by atoms with Crippen LogP contribution in [0.1, 0.15) is 24.0 Å². The molecular formula is C20H23FN2O2. The first kappa shape index (κ1) is 17.3. The van der Waals surface area contributed by atoms with Crippen molar-refractivity contribution < 1.29 is 13.9 Å². The van der Waals surface area contributed by atoms with Crippen molar-refractivity contribution in [3.05, 3.63) is 47.3 Å². The van der Waals surface area contributed by atoms with E-state index in [2.05, 4.69) is 9.89 Å². The molecule has 0 saturated carbocycles. The van der Waals surface area contributed by atoms with Gasteiger partial charge < -0.3 is 14.4 Å². The maximum atomic E-state index is 13.4. The SMILES string of the molecule is COc1cc(N2CCCC2)c(OC)cc1C=Nc1ccc(F)c(C)c1. The van der Waals surface area contributed by atoms with E-state index in [0.717, 1.165) is 35.8 Å². The molecule has 1 heterocycles. The molecule has 1 fully saturated rings. The molecule has 1 aliphatic rings. The number of hydrogen-bond acceptors (Lipinski definition) is 4. The Labute approximate surface area is 147 Å². The highest BCUT2D eigenvalue weighted by Gasteiger charge is 2.19. The van der Waals surface area contributed by atoms with Gasteiger partial charge in [-0.25, -0.2) is 4.39 Å². The van der Waals surface area contributed by atoms with Crippen molar-refractivity contribution in [3.8, 4) is 11.5 Å². The molecule has 0 unspecified atom stereocenters. The molecule has 2 aromatic rings. The summed E-state index contributed by atoms with van der Waals surface area (Å²) in [6.45, 7) is 3.78. The summed E-state index contributed by atoms with van der Waals surface area (Å²) in [4.78, 5) is 6.76. The van der Waals surface area contributed by atoms with Gasteiger partial charge in [-0.1, -0.05) is 0 Å². The number of rotatable bonds is 5. The van der Waals surface area contributed by atoms with E-state index < -0.39 is 0 Å². The molecule has 4 nitrogen and oxygen atoms in total. The lowest BCUT2D eigenvalue weighted by Gasteiger charge is -2.22. The first-order valence-electron chi connectivity index (χ1n) is 8.43. The maximum absolute atomic E-state index is 13.4. The van der Waals surface area contributed by atoms with Crippen LogP contribution in [-0.2, 0) is 0 Å². The van der Waals surface area contributed by atoms with Gasteiger partial charge in [-0.2, -0.15) is 0 Å². The summed E-state index contributed by atoms with van der Waals surface area (Å²) < 4.78 is 24.5. The van der Waals surface area contributed by atoms with Crippen molar-refractivity contribution in [1.82, 2.24) is 0 Å². The predicted molar refractivity (Wildman–Crippen MR) is 99.4 cm³/mol. The number of aryl methyl sites for hydroxylation is 1. The Morgan fingerprint density at radius 3 is 2.40 bits per heavy atom. The number of ether oxygens (including phenoxy) is 2. The van der Waals surface area contributed by atoms with Crippen LogP contribution in [0.25, 0.3) is 0 Å². The minimum atomic E-state index is -0.229. The monoisotopic (exact) mass is 342 g/mol. The number of aliphatic imine (C=N–C) groups is 1. The van der Waals surface area contributed by atoms with E-state index in [1.54, 1.807) is 39.5 Å². The quantitative estimate of drug-likeness (QED) is 0.750. The molecule has 0 amide bonds. The lowest BCUT2D eigenvalue weighted by atomic mass is 10.1. The number of halogens is 1. The normalized spacial score (nSPS) is 14.3. The third-order valence-corrected chi connectivity index (χ3v) is 4.47. The van der Waals surface area contributed by atoms with Gasteiger partial charge in [0.2, 0.25) is 0 Å². The number of methoxy groups -OCH3 is 2. The molecule has 0 atom stereocenters. The van der Waals surface area contributed by atoms with Crippen LogP contribution < -0.4 is 14.4 Å². The summed E-state index contributed by atoms with van der Waals surface area (Å²) in [6.07, 6.45) is 4.11. The Balaban J connectivity index is 1.94. The highest BCUT2D eigenvalue weighted by atomic mass is 19.1. The summed E-state index contributed by atoms with van der Waals surface area (Å²) in [7, 11) is 3.32. The van der Waals surface area contributed by atoms with Crippen LogP contribution in [-0.4, -0.2) is 33.5 Å². The van der Waals surface area contributed by atoms with Gasteiger partial charge in [-0.05, 0) is 49.6 Å². The van der Waals surface area contributed by atoms with Crippen LogP contribution in [0.4, 0.5) is 15.8 Å². The second kappa shape index (κ2) is 7.55. The van der Waals surface area contributed by atoms with Gasteiger partial charge in [-0.15, -0.1) is 0 Å². The second-order valence-corrected chi connectivity index (χ2v) is 6.15. The van der Waals surface area contributed by atoms with Crippen molar-refractivity contribution in [3.63, 3.8) is 0 Å². The van der Waals surface area contributed by atoms with E-state index in [1.807, 2.05) is 12.1 Å². The highest BCUT2D eigenvalue weighted by molar-refractivity contribution is 5.88. The van der Waals surface area contributed by atoms with Crippen LogP contribution in [0.3, 0.4) is 0 Å². The van der Waals surface area contributed by atoms with Gasteiger partial charge in [0.15, 0.2) is 0 Å². The fourth-order valence-corrected chi connectivity index (χ4v) is 3.06. The third-order valence-electron chi connectivity index (χ3n) is 4.47. The zero-order valence-corrected chi connectivity index (χ0v) is 14.9. The minimum absolute atomic E-state index is 0.229. The highest BCUT2D eigenvalue weighted by Crippen LogP contribution is 2.36. The van der Waals surface area contributed by atoms with Gasteiger partial charge in [0.05, 0.1) is 25.6 Å². The average Bonchev–Trinajstić information content (AvgIpc) is 3.16. The molecule has 0 spiro atoms. The molecule has 0 aliphatic carbocycles. The molecule has 1 aliphatic heterocycles. The first-order chi connectivity index (χ1) is 12.1. The zero-order valence-electron chi connectivity index (χ0n) is 14.9. The summed E-state index contributed by atoms with van der Waals surface area (Å²) in [6, 6.07) is 8.74. The van der Waals surface area contributed by atoms with E-state index in [4.69, 9.17) is 9.47 Å². The molecule has 0 radical (unpaired) electrons. The molecule has 2 aromatic carbocycles. The van der Waals surface area contributed by atoms with Gasteiger partial charge in [-0.3, -0.25) is 4.99 Å². The summed E-state index contributed by atoms with van der Waals surface area (Å²) >= 11 is 0. The van der Waals surface area contributed by atoms with Crippen molar-refractivity contribution in [1.29, 1.82) is 0 Å². The average molecular weight is 342 g/mol. The number of hydrogen-bond donors (Lipinski definition) is 0. The lowest BCUT2D eigenvalue weighted by molar-refractivity contribution is 0.402. The van der Waals surface area contributed by atoms with E-state index in [9.17, 15) is 4.39 Å². The standard InChI is InChI=1S/C20H23FN2O2/c1-14-10-16(6-7-17(14)21)22-13-15-11-20(25-3)18(12-19(15)24-2)23-8-4-5-9-23/h6-7,10-13H,4-5,8-9H2,1-3H3. The predicted octanol–water partition coefficient (Wildman–Crippen LogP) is 4.50.